The molecule has 2 aromatic heterocycles. The number of aryl methyl sites for hydroxylation is 2. The minimum Gasteiger partial charge on any atom is -0.268 e. The number of benzene rings is 1. The van der Waals surface area contributed by atoms with Crippen LogP contribution in [0.25, 0.3) is 0 Å². The molecule has 0 unspecified atom stereocenters. The van der Waals surface area contributed by atoms with Gasteiger partial charge in [0.25, 0.3) is 5.91 Å². The van der Waals surface area contributed by atoms with Crippen molar-refractivity contribution in [2.75, 3.05) is 0 Å². The fourth-order valence-electron chi connectivity index (χ4n) is 2.88. The Kier molecular flexibility index (Phi) is 5.16. The molecule has 2 heterocycles. The smallest absolute Gasteiger partial charge is 0.263 e. The van der Waals surface area contributed by atoms with E-state index in [-0.39, 0.29) is 11.9 Å². The molecule has 0 aliphatic heterocycles. The first-order valence-electron chi connectivity index (χ1n) is 8.80. The van der Waals surface area contributed by atoms with Crippen LogP contribution in [0.2, 0.25) is 0 Å². The highest BCUT2D eigenvalue weighted by Crippen LogP contribution is 2.10. The maximum Gasteiger partial charge on any atom is 0.263 e. The van der Waals surface area contributed by atoms with E-state index in [1.165, 1.54) is 0 Å². The number of nitrogens with zero attached hydrogens (tertiary/aromatic N) is 4. The molecule has 0 fully saturated rings. The van der Waals surface area contributed by atoms with Gasteiger partial charge >= 0.3 is 0 Å². The summed E-state index contributed by atoms with van der Waals surface area (Å²) in [6.45, 7) is 8.72. The number of rotatable bonds is 4. The number of carbonyl (C=O) groups excluding carboxylic acids is 1. The highest BCUT2D eigenvalue weighted by Gasteiger charge is 2.09. The third-order valence-corrected chi connectivity index (χ3v) is 4.08. The van der Waals surface area contributed by atoms with E-state index in [4.69, 9.17) is 0 Å². The van der Waals surface area contributed by atoms with Gasteiger partial charge in [0.15, 0.2) is 0 Å². The number of hydrogen-bond acceptors (Lipinski definition) is 3. The van der Waals surface area contributed by atoms with Crippen molar-refractivity contribution >= 4 is 5.91 Å². The van der Waals surface area contributed by atoms with Gasteiger partial charge in [-0.2, -0.15) is 5.10 Å². The topological polar surface area (TPSA) is 52.2 Å². The zero-order valence-corrected chi connectivity index (χ0v) is 15.7. The summed E-state index contributed by atoms with van der Waals surface area (Å²) in [5, 5.41) is 4.48. The van der Waals surface area contributed by atoms with Crippen molar-refractivity contribution < 1.29 is 4.79 Å². The molecule has 5 heteroatoms. The van der Waals surface area contributed by atoms with Crippen LogP contribution in [0.1, 0.15) is 41.2 Å². The van der Waals surface area contributed by atoms with Crippen LogP contribution in [0.5, 0.6) is 0 Å². The van der Waals surface area contributed by atoms with Crippen LogP contribution in [0.4, 0.5) is 0 Å². The van der Waals surface area contributed by atoms with Crippen molar-refractivity contribution in [3.63, 3.8) is 0 Å². The fourth-order valence-corrected chi connectivity index (χ4v) is 2.88. The first kappa shape index (κ1) is 17.9. The molecule has 0 radical (unpaired) electrons. The molecular formula is C21H24N4O. The highest BCUT2D eigenvalue weighted by atomic mass is 16.2. The van der Waals surface area contributed by atoms with Crippen LogP contribution in [-0.2, 0) is 6.54 Å². The first-order valence-corrected chi connectivity index (χ1v) is 8.80. The molecule has 5 nitrogen and oxygen atoms in total. The van der Waals surface area contributed by atoms with Gasteiger partial charge in [0.2, 0.25) is 0 Å². The van der Waals surface area contributed by atoms with Crippen LogP contribution < -0.4 is 5.49 Å². The van der Waals surface area contributed by atoms with Gasteiger partial charge in [-0.05, 0) is 63.6 Å². The van der Waals surface area contributed by atoms with Gasteiger partial charge in [0.05, 0.1) is 12.2 Å². The summed E-state index contributed by atoms with van der Waals surface area (Å²) in [6.07, 6.45) is 1.76. The summed E-state index contributed by atoms with van der Waals surface area (Å²) in [7, 11) is 0. The van der Waals surface area contributed by atoms with Crippen molar-refractivity contribution in [3.05, 3.63) is 82.7 Å². The van der Waals surface area contributed by atoms with E-state index in [2.05, 4.69) is 16.2 Å². The monoisotopic (exact) mass is 348 g/mol. The zero-order chi connectivity index (χ0) is 18.7. The molecule has 3 aromatic rings. The van der Waals surface area contributed by atoms with Gasteiger partial charge in [-0.25, -0.2) is 0 Å². The first-order chi connectivity index (χ1) is 12.4. The summed E-state index contributed by atoms with van der Waals surface area (Å²) in [5.41, 5.74) is 4.55. The number of carbonyl (C=O) groups is 1. The Bertz CT molecular complexity index is 978. The second-order valence-electron chi connectivity index (χ2n) is 6.74. The minimum atomic E-state index is -0.0809. The van der Waals surface area contributed by atoms with E-state index in [0.29, 0.717) is 17.6 Å². The molecule has 0 N–H and O–H groups in total. The molecule has 0 saturated heterocycles. The molecular weight excluding hydrogens is 324 g/mol. The lowest BCUT2D eigenvalue weighted by molar-refractivity contribution is 0.0954. The molecule has 0 spiro atoms. The van der Waals surface area contributed by atoms with Crippen molar-refractivity contribution in [1.29, 1.82) is 0 Å². The summed E-state index contributed by atoms with van der Waals surface area (Å²) in [6, 6.07) is 15.5. The summed E-state index contributed by atoms with van der Waals surface area (Å²) < 4.78 is 3.56. The van der Waals surface area contributed by atoms with Crippen LogP contribution in [0.15, 0.2) is 59.7 Å². The molecule has 0 bridgehead atoms. The lowest BCUT2D eigenvalue weighted by Gasteiger charge is -2.09. The largest absolute Gasteiger partial charge is 0.268 e. The van der Waals surface area contributed by atoms with Gasteiger partial charge in [0, 0.05) is 23.5 Å². The Labute approximate surface area is 153 Å². The van der Waals surface area contributed by atoms with E-state index in [1.54, 1.807) is 10.8 Å². The molecule has 0 atom stereocenters. The van der Waals surface area contributed by atoms with Crippen LogP contribution in [0.3, 0.4) is 0 Å². The summed E-state index contributed by atoms with van der Waals surface area (Å²) in [4.78, 5) is 17.4. The van der Waals surface area contributed by atoms with Gasteiger partial charge in [-0.15, -0.1) is 0 Å². The number of pyridine rings is 1. The van der Waals surface area contributed by atoms with Crippen molar-refractivity contribution in [2.24, 2.45) is 4.99 Å². The predicted octanol–water partition coefficient (Wildman–Crippen LogP) is 3.35. The third-order valence-electron chi connectivity index (χ3n) is 4.08. The number of aromatic nitrogens is 3. The van der Waals surface area contributed by atoms with Crippen LogP contribution >= 0.6 is 0 Å². The van der Waals surface area contributed by atoms with E-state index >= 15 is 0 Å². The number of hydrogen-bond donors (Lipinski definition) is 0. The molecule has 3 rings (SSSR count). The van der Waals surface area contributed by atoms with Gasteiger partial charge < -0.3 is 0 Å². The molecule has 0 aliphatic carbocycles. The molecule has 0 saturated carbocycles. The Morgan fingerprint density at radius 3 is 2.46 bits per heavy atom. The lowest BCUT2D eigenvalue weighted by atomic mass is 10.1. The Morgan fingerprint density at radius 1 is 1.12 bits per heavy atom. The van der Waals surface area contributed by atoms with Crippen molar-refractivity contribution in [3.8, 4) is 0 Å². The van der Waals surface area contributed by atoms with E-state index in [0.717, 1.165) is 17.0 Å². The highest BCUT2D eigenvalue weighted by molar-refractivity contribution is 5.95. The van der Waals surface area contributed by atoms with Gasteiger partial charge in [0.1, 0.15) is 5.49 Å². The normalized spacial score (nSPS) is 12.0. The second kappa shape index (κ2) is 7.52. The lowest BCUT2D eigenvalue weighted by Crippen LogP contribution is -2.28. The summed E-state index contributed by atoms with van der Waals surface area (Å²) in [5.74, 6) is -0.0809. The Hall–Kier alpha value is -2.95. The Morgan fingerprint density at radius 2 is 1.85 bits per heavy atom. The SMILES string of the molecule is Cc1cc(C)n(Cc2ccc(C(=O)n3ccccc3=NC(C)C)cc2)n1. The second-order valence-corrected chi connectivity index (χ2v) is 6.74. The maximum absolute atomic E-state index is 12.9. The van der Waals surface area contributed by atoms with Crippen LogP contribution in [0, 0.1) is 13.8 Å². The van der Waals surface area contributed by atoms with Crippen LogP contribution in [-0.4, -0.2) is 26.3 Å². The van der Waals surface area contributed by atoms with Gasteiger partial charge in [-0.3, -0.25) is 19.0 Å². The third kappa shape index (κ3) is 3.99. The Balaban J connectivity index is 1.85. The molecule has 0 aliphatic rings. The average Bonchev–Trinajstić information content (AvgIpc) is 2.92. The molecule has 26 heavy (non-hydrogen) atoms. The zero-order valence-electron chi connectivity index (χ0n) is 15.7. The standard InChI is InChI=1S/C21H24N4O/c1-15(2)22-20-7-5-6-12-24(20)21(26)19-10-8-18(9-11-19)14-25-17(4)13-16(3)23-25/h5-13,15H,14H2,1-4H3. The quantitative estimate of drug-likeness (QED) is 0.726. The minimum absolute atomic E-state index is 0.0809. The fraction of sp³-hybridized carbons (Fsp3) is 0.286. The molecule has 0 amide bonds. The average molecular weight is 348 g/mol. The molecule has 1 aromatic carbocycles. The maximum atomic E-state index is 12.9. The van der Waals surface area contributed by atoms with Crippen molar-refractivity contribution in [2.45, 2.75) is 40.3 Å². The summed E-state index contributed by atoms with van der Waals surface area (Å²) >= 11 is 0. The predicted molar refractivity (Wildman–Crippen MR) is 102 cm³/mol. The van der Waals surface area contributed by atoms with Gasteiger partial charge in [-0.1, -0.05) is 18.2 Å². The van der Waals surface area contributed by atoms with E-state index < -0.39 is 0 Å². The van der Waals surface area contributed by atoms with E-state index in [1.807, 2.05) is 74.8 Å². The molecule has 134 valence electrons. The van der Waals surface area contributed by atoms with Crippen molar-refractivity contribution in [1.82, 2.24) is 14.3 Å². The van der Waals surface area contributed by atoms with E-state index in [9.17, 15) is 4.79 Å².